The van der Waals surface area contributed by atoms with Crippen LogP contribution in [0.1, 0.15) is 99.3 Å². The van der Waals surface area contributed by atoms with E-state index < -0.39 is 17.4 Å². The number of hydrogen-bond acceptors (Lipinski definition) is 6. The zero-order valence-electron chi connectivity index (χ0n) is 22.3. The van der Waals surface area contributed by atoms with Gasteiger partial charge in [-0.15, -0.1) is 0 Å². The van der Waals surface area contributed by atoms with Crippen LogP contribution in [-0.2, 0) is 28.5 Å². The highest BCUT2D eigenvalue weighted by atomic mass is 16.5. The van der Waals surface area contributed by atoms with Gasteiger partial charge < -0.3 is 29.2 Å². The molecule has 34 heavy (non-hydrogen) atoms. The monoisotopic (exact) mass is 490 g/mol. The van der Waals surface area contributed by atoms with Crippen LogP contribution in [0.15, 0.2) is 0 Å². The largest absolute Gasteiger partial charge is 0.481 e. The molecule has 0 rings (SSSR count). The van der Waals surface area contributed by atoms with Crippen molar-refractivity contribution in [2.75, 3.05) is 26.4 Å². The third kappa shape index (κ3) is 15.6. The summed E-state index contributed by atoms with van der Waals surface area (Å²) < 4.78 is 23.3. The average Bonchev–Trinajstić information content (AvgIpc) is 2.76. The van der Waals surface area contributed by atoms with E-state index in [0.29, 0.717) is 26.4 Å². The van der Waals surface area contributed by atoms with Gasteiger partial charge in [0.15, 0.2) is 0 Å². The molecule has 0 aromatic heterocycles. The summed E-state index contributed by atoms with van der Waals surface area (Å²) in [5.41, 5.74) is -1.13. The van der Waals surface area contributed by atoms with Gasteiger partial charge in [0.2, 0.25) is 0 Å². The predicted molar refractivity (Wildman–Crippen MR) is 132 cm³/mol. The molecule has 2 N–H and O–H groups in total. The normalized spacial score (nSPS) is 17.0. The summed E-state index contributed by atoms with van der Waals surface area (Å²) >= 11 is 0. The molecule has 0 amide bonds. The van der Waals surface area contributed by atoms with Gasteiger partial charge in [0.05, 0.1) is 43.0 Å². The number of rotatable bonds is 23. The van der Waals surface area contributed by atoms with Crippen LogP contribution in [0.4, 0.5) is 0 Å². The molecule has 8 nitrogen and oxygen atoms in total. The lowest BCUT2D eigenvalue weighted by molar-refractivity contribution is -0.157. The summed E-state index contributed by atoms with van der Waals surface area (Å²) in [6.07, 6.45) is 4.35. The maximum absolute atomic E-state index is 12.5. The Kier molecular flexibility index (Phi) is 18.3. The Morgan fingerprint density at radius 3 is 1.50 bits per heavy atom. The van der Waals surface area contributed by atoms with E-state index in [1.807, 2.05) is 27.7 Å². The maximum atomic E-state index is 12.5. The maximum Gasteiger partial charge on any atom is 0.309 e. The van der Waals surface area contributed by atoms with E-state index in [1.165, 1.54) is 0 Å². The first-order chi connectivity index (χ1) is 16.1. The van der Waals surface area contributed by atoms with E-state index >= 15 is 0 Å². The van der Waals surface area contributed by atoms with Gasteiger partial charge in [-0.05, 0) is 66.2 Å². The van der Waals surface area contributed by atoms with Crippen LogP contribution in [-0.4, -0.2) is 73.0 Å². The van der Waals surface area contributed by atoms with E-state index in [9.17, 15) is 14.7 Å². The van der Waals surface area contributed by atoms with Gasteiger partial charge in [-0.3, -0.25) is 9.59 Å². The molecule has 4 unspecified atom stereocenters. The SMILES string of the molecule is CCCCOC(C)COC(C)CC(CCCC(=O)O)(CC(C)OCC(C)OCCCC)C(=O)O. The molecule has 0 saturated carbocycles. The number of hydrogen-bond donors (Lipinski definition) is 2. The number of ether oxygens (including phenoxy) is 4. The van der Waals surface area contributed by atoms with E-state index in [4.69, 9.17) is 24.1 Å². The topological polar surface area (TPSA) is 112 Å². The zero-order valence-corrected chi connectivity index (χ0v) is 22.3. The summed E-state index contributed by atoms with van der Waals surface area (Å²) in [5.74, 6) is -1.87. The third-order valence-electron chi connectivity index (χ3n) is 5.89. The van der Waals surface area contributed by atoms with Gasteiger partial charge in [-0.25, -0.2) is 0 Å². The number of carbonyl (C=O) groups is 2. The molecular weight excluding hydrogens is 440 g/mol. The van der Waals surface area contributed by atoms with Crippen LogP contribution in [0.5, 0.6) is 0 Å². The van der Waals surface area contributed by atoms with Gasteiger partial charge in [0.25, 0.3) is 0 Å². The van der Waals surface area contributed by atoms with Crippen LogP contribution in [0, 0.1) is 5.41 Å². The molecule has 0 heterocycles. The molecule has 0 spiro atoms. The summed E-state index contributed by atoms with van der Waals surface area (Å²) in [5, 5.41) is 19.3. The van der Waals surface area contributed by atoms with Crippen molar-refractivity contribution in [3.63, 3.8) is 0 Å². The van der Waals surface area contributed by atoms with E-state index in [-0.39, 0.29) is 56.5 Å². The van der Waals surface area contributed by atoms with Crippen molar-refractivity contribution in [3.05, 3.63) is 0 Å². The smallest absolute Gasteiger partial charge is 0.309 e. The van der Waals surface area contributed by atoms with Crippen LogP contribution in [0.2, 0.25) is 0 Å². The molecule has 0 aromatic rings. The Balaban J connectivity index is 5.05. The van der Waals surface area contributed by atoms with Crippen molar-refractivity contribution in [2.24, 2.45) is 5.41 Å². The number of aliphatic carboxylic acids is 2. The fraction of sp³-hybridized carbons (Fsp3) is 0.923. The molecule has 0 aromatic carbocycles. The van der Waals surface area contributed by atoms with Crippen molar-refractivity contribution >= 4 is 11.9 Å². The Morgan fingerprint density at radius 2 is 1.15 bits per heavy atom. The van der Waals surface area contributed by atoms with Gasteiger partial charge in [0.1, 0.15) is 0 Å². The van der Waals surface area contributed by atoms with Gasteiger partial charge in [0, 0.05) is 19.6 Å². The molecule has 0 bridgehead atoms. The molecule has 0 aliphatic carbocycles. The molecule has 202 valence electrons. The van der Waals surface area contributed by atoms with E-state index in [1.54, 1.807) is 0 Å². The highest BCUT2D eigenvalue weighted by Crippen LogP contribution is 2.37. The van der Waals surface area contributed by atoms with Crippen LogP contribution in [0.25, 0.3) is 0 Å². The standard InChI is InChI=1S/C26H50O8/c1-7-9-14-31-22(5)18-33-20(3)16-26(25(29)30,13-11-12-24(27)28)17-21(4)34-19-23(6)32-15-10-8-2/h20-23H,7-19H2,1-6H3,(H,27,28)(H,29,30). The minimum atomic E-state index is -1.13. The summed E-state index contributed by atoms with van der Waals surface area (Å²) in [4.78, 5) is 23.5. The minimum Gasteiger partial charge on any atom is -0.481 e. The zero-order chi connectivity index (χ0) is 26.0. The van der Waals surface area contributed by atoms with Crippen molar-refractivity contribution < 1.29 is 38.7 Å². The molecule has 0 aliphatic rings. The third-order valence-corrected chi connectivity index (χ3v) is 5.89. The van der Waals surface area contributed by atoms with Gasteiger partial charge in [-0.1, -0.05) is 26.7 Å². The second-order valence-electron chi connectivity index (χ2n) is 9.60. The summed E-state index contributed by atoms with van der Waals surface area (Å²) in [6, 6.07) is 0. The lowest BCUT2D eigenvalue weighted by atomic mass is 9.74. The van der Waals surface area contributed by atoms with Crippen LogP contribution in [0.3, 0.4) is 0 Å². The lowest BCUT2D eigenvalue weighted by Crippen LogP contribution is -2.39. The second-order valence-corrected chi connectivity index (χ2v) is 9.60. The number of carboxylic acids is 2. The lowest BCUT2D eigenvalue weighted by Gasteiger charge is -2.34. The van der Waals surface area contributed by atoms with E-state index in [0.717, 1.165) is 25.7 Å². The Hall–Kier alpha value is -1.22. The number of carboxylic acid groups (broad SMARTS) is 2. The fourth-order valence-corrected chi connectivity index (χ4v) is 3.92. The highest BCUT2D eigenvalue weighted by molar-refractivity contribution is 5.75. The van der Waals surface area contributed by atoms with Crippen molar-refractivity contribution in [1.29, 1.82) is 0 Å². The van der Waals surface area contributed by atoms with Crippen molar-refractivity contribution in [2.45, 2.75) is 124 Å². The Morgan fingerprint density at radius 1 is 0.706 bits per heavy atom. The first-order valence-corrected chi connectivity index (χ1v) is 13.0. The van der Waals surface area contributed by atoms with Crippen molar-refractivity contribution in [1.82, 2.24) is 0 Å². The first kappa shape index (κ1) is 32.8. The average molecular weight is 491 g/mol. The summed E-state index contributed by atoms with van der Waals surface area (Å²) in [6.45, 7) is 14.0. The predicted octanol–water partition coefficient (Wildman–Crippen LogP) is 5.31. The van der Waals surface area contributed by atoms with Crippen LogP contribution < -0.4 is 0 Å². The van der Waals surface area contributed by atoms with Crippen molar-refractivity contribution in [3.8, 4) is 0 Å². The molecule has 0 radical (unpaired) electrons. The molecule has 4 atom stereocenters. The Labute approximate surface area is 206 Å². The molecule has 0 saturated heterocycles. The second kappa shape index (κ2) is 19.0. The summed E-state index contributed by atoms with van der Waals surface area (Å²) in [7, 11) is 0. The van der Waals surface area contributed by atoms with Gasteiger partial charge >= 0.3 is 11.9 Å². The number of unbranched alkanes of at least 4 members (excludes halogenated alkanes) is 2. The quantitative estimate of drug-likeness (QED) is 0.185. The molecular formula is C26H50O8. The van der Waals surface area contributed by atoms with Gasteiger partial charge in [-0.2, -0.15) is 0 Å². The molecule has 8 heteroatoms. The van der Waals surface area contributed by atoms with E-state index in [2.05, 4.69) is 13.8 Å². The molecule has 0 aliphatic heterocycles. The fourth-order valence-electron chi connectivity index (χ4n) is 3.92. The minimum absolute atomic E-state index is 0.0654. The molecule has 0 fully saturated rings. The first-order valence-electron chi connectivity index (χ1n) is 13.0. The van der Waals surface area contributed by atoms with Crippen LogP contribution >= 0.6 is 0 Å². The Bertz CT molecular complexity index is 511. The highest BCUT2D eigenvalue weighted by Gasteiger charge is 2.41.